The molecule has 4 heteroatoms. The van der Waals surface area contributed by atoms with Crippen molar-refractivity contribution < 1.29 is 9.90 Å². The molecule has 1 aromatic rings. The van der Waals surface area contributed by atoms with Crippen LogP contribution in [0.15, 0.2) is 24.3 Å². The van der Waals surface area contributed by atoms with Crippen LogP contribution in [-0.4, -0.2) is 24.1 Å². The number of hydrogen-bond acceptors (Lipinski definition) is 3. The number of unbranched alkanes of at least 4 members (excludes halogenated alkanes) is 5. The van der Waals surface area contributed by atoms with Gasteiger partial charge in [-0.3, -0.25) is 4.79 Å². The number of aromatic hydroxyl groups is 1. The minimum atomic E-state index is -0.207. The summed E-state index contributed by atoms with van der Waals surface area (Å²) in [6.45, 7) is 1.43. The Morgan fingerprint density at radius 1 is 1.05 bits per heavy atom. The van der Waals surface area contributed by atoms with E-state index in [9.17, 15) is 9.90 Å². The van der Waals surface area contributed by atoms with Gasteiger partial charge in [0.15, 0.2) is 0 Å². The van der Waals surface area contributed by atoms with Gasteiger partial charge in [0.2, 0.25) is 0 Å². The quantitative estimate of drug-likeness (QED) is 0.600. The fraction of sp³-hybridized carbons (Fsp3) is 0.533. The minimum Gasteiger partial charge on any atom is -0.507 e. The summed E-state index contributed by atoms with van der Waals surface area (Å²) >= 11 is 0. The number of nitrogens with one attached hydrogen (secondary N) is 1. The highest BCUT2D eigenvalue weighted by molar-refractivity contribution is 5.96. The van der Waals surface area contributed by atoms with Crippen LogP contribution in [0, 0.1) is 0 Å². The second-order valence-electron chi connectivity index (χ2n) is 4.68. The van der Waals surface area contributed by atoms with E-state index in [2.05, 4.69) is 5.32 Å². The molecular weight excluding hydrogens is 240 g/mol. The van der Waals surface area contributed by atoms with E-state index in [1.807, 2.05) is 0 Å². The summed E-state index contributed by atoms with van der Waals surface area (Å²) in [6, 6.07) is 6.59. The fourth-order valence-electron chi connectivity index (χ4n) is 1.94. The summed E-state index contributed by atoms with van der Waals surface area (Å²) in [7, 11) is 0. The van der Waals surface area contributed by atoms with Crippen molar-refractivity contribution in [2.75, 3.05) is 13.1 Å². The Kier molecular flexibility index (Phi) is 7.66. The Bertz CT molecular complexity index is 380. The third kappa shape index (κ3) is 6.25. The third-order valence-corrected chi connectivity index (χ3v) is 3.07. The number of carbonyl (C=O) groups excluding carboxylic acids is 1. The van der Waals surface area contributed by atoms with Gasteiger partial charge in [-0.25, -0.2) is 0 Å². The van der Waals surface area contributed by atoms with Gasteiger partial charge < -0.3 is 16.2 Å². The predicted octanol–water partition coefficient (Wildman–Crippen LogP) is 2.42. The van der Waals surface area contributed by atoms with Crippen LogP contribution in [0.1, 0.15) is 48.9 Å². The maximum atomic E-state index is 11.8. The molecule has 0 aromatic heterocycles. The monoisotopic (exact) mass is 264 g/mol. The molecule has 4 N–H and O–H groups in total. The highest BCUT2D eigenvalue weighted by Crippen LogP contribution is 2.15. The molecular formula is C15H24N2O2. The molecule has 0 saturated heterocycles. The Balaban J connectivity index is 2.10. The topological polar surface area (TPSA) is 75.3 Å². The lowest BCUT2D eigenvalue weighted by Gasteiger charge is -2.06. The Labute approximate surface area is 115 Å². The van der Waals surface area contributed by atoms with Crippen molar-refractivity contribution in [2.24, 2.45) is 5.73 Å². The van der Waals surface area contributed by atoms with Crippen LogP contribution in [0.4, 0.5) is 0 Å². The third-order valence-electron chi connectivity index (χ3n) is 3.07. The largest absolute Gasteiger partial charge is 0.507 e. The van der Waals surface area contributed by atoms with Crippen LogP contribution in [0.2, 0.25) is 0 Å². The van der Waals surface area contributed by atoms with Crippen molar-refractivity contribution in [1.82, 2.24) is 5.32 Å². The first-order chi connectivity index (χ1) is 9.25. The molecule has 19 heavy (non-hydrogen) atoms. The second kappa shape index (κ2) is 9.39. The molecule has 0 spiro atoms. The van der Waals surface area contributed by atoms with E-state index >= 15 is 0 Å². The Morgan fingerprint density at radius 2 is 1.68 bits per heavy atom. The SMILES string of the molecule is NCCCCCCCCNC(=O)c1ccccc1O. The molecule has 0 aliphatic carbocycles. The van der Waals surface area contributed by atoms with Crippen molar-refractivity contribution in [3.05, 3.63) is 29.8 Å². The number of phenolic OH excluding ortho intramolecular Hbond substituents is 1. The number of nitrogens with two attached hydrogens (primary N) is 1. The zero-order valence-corrected chi connectivity index (χ0v) is 11.4. The molecule has 0 aliphatic heterocycles. The van der Waals surface area contributed by atoms with E-state index in [1.165, 1.54) is 25.3 Å². The molecule has 0 bridgehead atoms. The first-order valence-corrected chi connectivity index (χ1v) is 7.02. The molecule has 1 rings (SSSR count). The molecule has 1 aromatic carbocycles. The number of amides is 1. The summed E-state index contributed by atoms with van der Waals surface area (Å²) < 4.78 is 0. The van der Waals surface area contributed by atoms with Crippen LogP contribution in [0.5, 0.6) is 5.75 Å². The predicted molar refractivity (Wildman–Crippen MR) is 77.2 cm³/mol. The summed E-state index contributed by atoms with van der Waals surface area (Å²) in [5, 5.41) is 12.4. The molecule has 0 saturated carbocycles. The standard InChI is InChI=1S/C15H24N2O2/c16-11-7-3-1-2-4-8-12-17-15(19)13-9-5-6-10-14(13)18/h5-6,9-10,18H,1-4,7-8,11-12,16H2,(H,17,19). The summed E-state index contributed by atoms with van der Waals surface area (Å²) in [6.07, 6.45) is 6.79. The average Bonchev–Trinajstić information content (AvgIpc) is 2.42. The van der Waals surface area contributed by atoms with Crippen LogP contribution < -0.4 is 11.1 Å². The lowest BCUT2D eigenvalue weighted by molar-refractivity contribution is 0.0950. The van der Waals surface area contributed by atoms with E-state index in [1.54, 1.807) is 18.2 Å². The Morgan fingerprint density at radius 3 is 2.37 bits per heavy atom. The number of benzene rings is 1. The summed E-state index contributed by atoms with van der Waals surface area (Å²) in [5.74, 6) is -0.178. The van der Waals surface area contributed by atoms with Gasteiger partial charge in [-0.2, -0.15) is 0 Å². The first kappa shape index (κ1) is 15.5. The number of para-hydroxylation sites is 1. The number of phenols is 1. The van der Waals surface area contributed by atoms with Gasteiger partial charge >= 0.3 is 0 Å². The lowest BCUT2D eigenvalue weighted by atomic mass is 10.1. The van der Waals surface area contributed by atoms with Gasteiger partial charge in [-0.15, -0.1) is 0 Å². The number of rotatable bonds is 9. The van der Waals surface area contributed by atoms with Gasteiger partial charge in [-0.05, 0) is 31.5 Å². The normalized spacial score (nSPS) is 10.4. The maximum Gasteiger partial charge on any atom is 0.255 e. The van der Waals surface area contributed by atoms with E-state index < -0.39 is 0 Å². The zero-order valence-electron chi connectivity index (χ0n) is 11.4. The highest BCUT2D eigenvalue weighted by Gasteiger charge is 2.08. The maximum absolute atomic E-state index is 11.8. The van der Waals surface area contributed by atoms with Crippen LogP contribution in [0.3, 0.4) is 0 Å². The van der Waals surface area contributed by atoms with Gasteiger partial charge in [0.25, 0.3) is 5.91 Å². The van der Waals surface area contributed by atoms with Crippen molar-refractivity contribution in [3.63, 3.8) is 0 Å². The fourth-order valence-corrected chi connectivity index (χ4v) is 1.94. The van der Waals surface area contributed by atoms with Crippen molar-refractivity contribution in [2.45, 2.75) is 38.5 Å². The van der Waals surface area contributed by atoms with E-state index in [-0.39, 0.29) is 11.7 Å². The minimum absolute atomic E-state index is 0.0294. The molecule has 0 fully saturated rings. The van der Waals surface area contributed by atoms with Crippen LogP contribution in [0.25, 0.3) is 0 Å². The zero-order chi connectivity index (χ0) is 13.9. The Hall–Kier alpha value is -1.55. The number of carbonyl (C=O) groups is 1. The smallest absolute Gasteiger partial charge is 0.255 e. The van der Waals surface area contributed by atoms with Crippen LogP contribution in [-0.2, 0) is 0 Å². The van der Waals surface area contributed by atoms with Crippen molar-refractivity contribution >= 4 is 5.91 Å². The summed E-state index contributed by atoms with van der Waals surface area (Å²) in [5.41, 5.74) is 5.76. The second-order valence-corrected chi connectivity index (χ2v) is 4.68. The molecule has 0 heterocycles. The molecule has 1 amide bonds. The van der Waals surface area contributed by atoms with Crippen LogP contribution >= 0.6 is 0 Å². The molecule has 0 unspecified atom stereocenters. The van der Waals surface area contributed by atoms with Crippen molar-refractivity contribution in [1.29, 1.82) is 0 Å². The van der Waals surface area contributed by atoms with E-state index in [0.717, 1.165) is 25.8 Å². The molecule has 4 nitrogen and oxygen atoms in total. The lowest BCUT2D eigenvalue weighted by Crippen LogP contribution is -2.24. The highest BCUT2D eigenvalue weighted by atomic mass is 16.3. The van der Waals surface area contributed by atoms with E-state index in [0.29, 0.717) is 12.1 Å². The van der Waals surface area contributed by atoms with E-state index in [4.69, 9.17) is 5.73 Å². The molecule has 0 aliphatic rings. The molecule has 106 valence electrons. The molecule has 0 radical (unpaired) electrons. The number of hydrogen-bond donors (Lipinski definition) is 3. The summed E-state index contributed by atoms with van der Waals surface area (Å²) in [4.78, 5) is 11.8. The van der Waals surface area contributed by atoms with Gasteiger partial charge in [0, 0.05) is 6.54 Å². The first-order valence-electron chi connectivity index (χ1n) is 7.02. The van der Waals surface area contributed by atoms with Gasteiger partial charge in [0.1, 0.15) is 5.75 Å². The van der Waals surface area contributed by atoms with Gasteiger partial charge in [0.05, 0.1) is 5.56 Å². The van der Waals surface area contributed by atoms with Crippen molar-refractivity contribution in [3.8, 4) is 5.75 Å². The molecule has 0 atom stereocenters. The van der Waals surface area contributed by atoms with Gasteiger partial charge in [-0.1, -0.05) is 37.8 Å². The average molecular weight is 264 g/mol.